The Bertz CT molecular complexity index is 924. The quantitative estimate of drug-likeness (QED) is 0.548. The predicted molar refractivity (Wildman–Crippen MR) is 118 cm³/mol. The smallest absolute Gasteiger partial charge is 0.115 e. The van der Waals surface area contributed by atoms with Gasteiger partial charge in [-0.25, -0.2) is 4.98 Å². The molecule has 0 radical (unpaired) electrons. The van der Waals surface area contributed by atoms with Crippen molar-refractivity contribution in [1.82, 2.24) is 9.55 Å². The second kappa shape index (κ2) is 8.18. The van der Waals surface area contributed by atoms with Gasteiger partial charge in [-0.15, -0.1) is 0 Å². The molecule has 0 spiro atoms. The van der Waals surface area contributed by atoms with Gasteiger partial charge in [-0.05, 0) is 61.0 Å². The molecule has 4 nitrogen and oxygen atoms in total. The van der Waals surface area contributed by atoms with Crippen molar-refractivity contribution >= 4 is 28.7 Å². The fourth-order valence-electron chi connectivity index (χ4n) is 3.74. The van der Waals surface area contributed by atoms with Crippen LogP contribution in [-0.2, 0) is 16.7 Å². The lowest BCUT2D eigenvalue weighted by Gasteiger charge is -2.26. The molecular formula is C23H29N3OS. The normalized spacial score (nSPS) is 15.8. The average molecular weight is 396 g/mol. The molecule has 1 saturated heterocycles. The van der Waals surface area contributed by atoms with E-state index in [4.69, 9.17) is 9.72 Å². The maximum atomic E-state index is 5.55. The lowest BCUT2D eigenvalue weighted by molar-refractivity contribution is 0.0611. The Morgan fingerprint density at radius 1 is 1.11 bits per heavy atom. The standard InChI is InChI=1S/C23H29N3OS/c1-23(2,3)22-24-20-15-18(25-28-19-7-5-4-6-8-19)9-10-21(20)26(22)16-17-11-13-27-14-12-17/h4-10,15,17,25H,11-14,16H2,1-3H3. The molecule has 2 heterocycles. The van der Waals surface area contributed by atoms with Gasteiger partial charge in [0.1, 0.15) is 5.82 Å². The Labute approximate surface area is 171 Å². The summed E-state index contributed by atoms with van der Waals surface area (Å²) < 4.78 is 11.4. The highest BCUT2D eigenvalue weighted by atomic mass is 32.2. The molecule has 0 aliphatic carbocycles. The molecule has 2 aromatic carbocycles. The van der Waals surface area contributed by atoms with Gasteiger partial charge >= 0.3 is 0 Å². The van der Waals surface area contributed by atoms with Crippen molar-refractivity contribution in [2.45, 2.75) is 50.5 Å². The number of nitrogens with one attached hydrogen (secondary N) is 1. The van der Waals surface area contributed by atoms with Crippen LogP contribution in [0.15, 0.2) is 53.4 Å². The van der Waals surface area contributed by atoms with Gasteiger partial charge in [-0.3, -0.25) is 0 Å². The summed E-state index contributed by atoms with van der Waals surface area (Å²) >= 11 is 1.63. The largest absolute Gasteiger partial charge is 0.381 e. The highest BCUT2D eigenvalue weighted by Gasteiger charge is 2.25. The van der Waals surface area contributed by atoms with Gasteiger partial charge in [-0.2, -0.15) is 0 Å². The van der Waals surface area contributed by atoms with Crippen molar-refractivity contribution < 1.29 is 4.74 Å². The lowest BCUT2D eigenvalue weighted by atomic mass is 9.94. The summed E-state index contributed by atoms with van der Waals surface area (Å²) in [5.41, 5.74) is 3.39. The fraction of sp³-hybridized carbons (Fsp3) is 0.435. The zero-order valence-corrected chi connectivity index (χ0v) is 17.8. The summed E-state index contributed by atoms with van der Waals surface area (Å²) in [6, 6.07) is 16.9. The minimum Gasteiger partial charge on any atom is -0.381 e. The Morgan fingerprint density at radius 2 is 1.86 bits per heavy atom. The average Bonchev–Trinajstić information content (AvgIpc) is 3.06. The van der Waals surface area contributed by atoms with Crippen LogP contribution in [0.5, 0.6) is 0 Å². The van der Waals surface area contributed by atoms with Crippen LogP contribution in [0.25, 0.3) is 11.0 Å². The number of rotatable bonds is 5. The van der Waals surface area contributed by atoms with Gasteiger partial charge in [0, 0.05) is 35.8 Å². The van der Waals surface area contributed by atoms with Crippen molar-refractivity contribution in [2.75, 3.05) is 17.9 Å². The molecule has 5 heteroatoms. The van der Waals surface area contributed by atoms with E-state index < -0.39 is 0 Å². The number of imidazole rings is 1. The molecule has 1 aliphatic heterocycles. The van der Waals surface area contributed by atoms with E-state index in [0.717, 1.165) is 43.8 Å². The first-order chi connectivity index (χ1) is 13.5. The molecule has 3 aromatic rings. The first-order valence-corrected chi connectivity index (χ1v) is 10.9. The Kier molecular flexibility index (Phi) is 5.65. The maximum Gasteiger partial charge on any atom is 0.115 e. The van der Waals surface area contributed by atoms with Gasteiger partial charge in [-0.1, -0.05) is 39.0 Å². The number of ether oxygens (including phenoxy) is 1. The molecule has 0 bridgehead atoms. The molecule has 4 rings (SSSR count). The molecule has 28 heavy (non-hydrogen) atoms. The summed E-state index contributed by atoms with van der Waals surface area (Å²) in [4.78, 5) is 6.24. The predicted octanol–water partition coefficient (Wildman–Crippen LogP) is 5.88. The van der Waals surface area contributed by atoms with E-state index in [-0.39, 0.29) is 5.41 Å². The Balaban J connectivity index is 1.61. The topological polar surface area (TPSA) is 39.1 Å². The minimum atomic E-state index is 0.0105. The SMILES string of the molecule is CC(C)(C)c1nc2cc(NSc3ccccc3)ccc2n1CC1CCOCC1. The van der Waals surface area contributed by atoms with Crippen molar-refractivity contribution in [3.8, 4) is 0 Å². The zero-order valence-electron chi connectivity index (χ0n) is 16.9. The van der Waals surface area contributed by atoms with Gasteiger partial charge in [0.25, 0.3) is 0 Å². The molecule has 0 unspecified atom stereocenters. The van der Waals surface area contributed by atoms with Crippen LogP contribution in [-0.4, -0.2) is 22.8 Å². The molecule has 0 amide bonds. The number of hydrogen-bond acceptors (Lipinski definition) is 4. The van der Waals surface area contributed by atoms with E-state index in [1.807, 2.05) is 6.07 Å². The van der Waals surface area contributed by atoms with Crippen LogP contribution >= 0.6 is 11.9 Å². The van der Waals surface area contributed by atoms with Crippen LogP contribution in [0.1, 0.15) is 39.4 Å². The van der Waals surface area contributed by atoms with Crippen LogP contribution in [0.2, 0.25) is 0 Å². The highest BCUT2D eigenvalue weighted by molar-refractivity contribution is 8.00. The van der Waals surface area contributed by atoms with Crippen molar-refractivity contribution in [1.29, 1.82) is 0 Å². The molecule has 148 valence electrons. The maximum absolute atomic E-state index is 5.55. The summed E-state index contributed by atoms with van der Waals surface area (Å²) in [7, 11) is 0. The first-order valence-electron chi connectivity index (χ1n) is 10.1. The van der Waals surface area contributed by atoms with Gasteiger partial charge in [0.15, 0.2) is 0 Å². The first kappa shape index (κ1) is 19.3. The number of nitrogens with zero attached hydrogens (tertiary/aromatic N) is 2. The molecule has 1 N–H and O–H groups in total. The second-order valence-electron chi connectivity index (χ2n) is 8.57. The van der Waals surface area contributed by atoms with Crippen LogP contribution in [0.4, 0.5) is 5.69 Å². The van der Waals surface area contributed by atoms with E-state index in [9.17, 15) is 0 Å². The second-order valence-corrected chi connectivity index (χ2v) is 9.45. The number of hydrogen-bond donors (Lipinski definition) is 1. The van der Waals surface area contributed by atoms with E-state index >= 15 is 0 Å². The minimum absolute atomic E-state index is 0.0105. The summed E-state index contributed by atoms with van der Waals surface area (Å²) in [6.07, 6.45) is 2.27. The summed E-state index contributed by atoms with van der Waals surface area (Å²) in [5, 5.41) is 0. The Morgan fingerprint density at radius 3 is 2.57 bits per heavy atom. The van der Waals surface area contributed by atoms with E-state index in [1.165, 1.54) is 16.2 Å². The van der Waals surface area contributed by atoms with Gasteiger partial charge in [0.2, 0.25) is 0 Å². The third-order valence-electron chi connectivity index (χ3n) is 5.23. The van der Waals surface area contributed by atoms with Crippen molar-refractivity contribution in [3.63, 3.8) is 0 Å². The third-order valence-corrected chi connectivity index (χ3v) is 6.08. The van der Waals surface area contributed by atoms with Crippen molar-refractivity contribution in [3.05, 3.63) is 54.4 Å². The van der Waals surface area contributed by atoms with Crippen LogP contribution in [0, 0.1) is 5.92 Å². The molecule has 1 aliphatic rings. The molecule has 0 atom stereocenters. The monoisotopic (exact) mass is 395 g/mol. The van der Waals surface area contributed by atoms with E-state index in [0.29, 0.717) is 5.92 Å². The number of aromatic nitrogens is 2. The Hall–Kier alpha value is -1.98. The highest BCUT2D eigenvalue weighted by Crippen LogP contribution is 2.31. The molecule has 0 saturated carbocycles. The van der Waals surface area contributed by atoms with Crippen LogP contribution < -0.4 is 4.72 Å². The third kappa shape index (κ3) is 4.36. The molecule has 1 aromatic heterocycles. The number of anilines is 1. The lowest BCUT2D eigenvalue weighted by Crippen LogP contribution is -2.25. The fourth-order valence-corrected chi connectivity index (χ4v) is 4.40. The van der Waals surface area contributed by atoms with Crippen molar-refractivity contribution in [2.24, 2.45) is 5.92 Å². The molecule has 1 fully saturated rings. The number of fused-ring (bicyclic) bond motifs is 1. The number of benzene rings is 2. The molecular weight excluding hydrogens is 366 g/mol. The summed E-state index contributed by atoms with van der Waals surface area (Å²) in [5.74, 6) is 1.83. The summed E-state index contributed by atoms with van der Waals surface area (Å²) in [6.45, 7) is 9.54. The van der Waals surface area contributed by atoms with Crippen LogP contribution in [0.3, 0.4) is 0 Å². The van der Waals surface area contributed by atoms with Gasteiger partial charge in [0.05, 0.1) is 11.0 Å². The zero-order chi connectivity index (χ0) is 19.6. The van der Waals surface area contributed by atoms with E-state index in [1.54, 1.807) is 11.9 Å². The van der Waals surface area contributed by atoms with E-state index in [2.05, 4.69) is 72.5 Å². The van der Waals surface area contributed by atoms with Gasteiger partial charge < -0.3 is 14.0 Å².